The van der Waals surface area contributed by atoms with Crippen LogP contribution in [-0.4, -0.2) is 12.6 Å². The molecule has 16 heavy (non-hydrogen) atoms. The molecule has 1 aliphatic rings. The van der Waals surface area contributed by atoms with Gasteiger partial charge in [0.25, 0.3) is 0 Å². The lowest BCUT2D eigenvalue weighted by molar-refractivity contribution is 0.311. The summed E-state index contributed by atoms with van der Waals surface area (Å²) >= 11 is 3.54. The molecule has 1 nitrogen and oxygen atoms in total. The zero-order valence-corrected chi connectivity index (χ0v) is 11.7. The summed E-state index contributed by atoms with van der Waals surface area (Å²) in [6.45, 7) is 5.68. The van der Waals surface area contributed by atoms with Crippen molar-refractivity contribution >= 4 is 15.9 Å². The van der Waals surface area contributed by atoms with Crippen LogP contribution in [0, 0.1) is 0 Å². The van der Waals surface area contributed by atoms with Crippen LogP contribution in [0.1, 0.15) is 38.7 Å². The number of hydrogen-bond acceptors (Lipinski definition) is 1. The molecular formula is C14H20BrN. The zero-order valence-electron chi connectivity index (χ0n) is 10.1. The predicted octanol–water partition coefficient (Wildman–Crippen LogP) is 3.87. The second kappa shape index (κ2) is 4.89. The highest BCUT2D eigenvalue weighted by Gasteiger charge is 2.24. The van der Waals surface area contributed by atoms with Gasteiger partial charge in [0, 0.05) is 22.5 Å². The smallest absolute Gasteiger partial charge is 0.0178 e. The van der Waals surface area contributed by atoms with Crippen molar-refractivity contribution in [2.45, 2.75) is 44.6 Å². The molecule has 0 bridgehead atoms. The minimum absolute atomic E-state index is 0.208. The molecule has 1 aromatic rings. The van der Waals surface area contributed by atoms with E-state index in [2.05, 4.69) is 59.4 Å². The van der Waals surface area contributed by atoms with Gasteiger partial charge in [-0.25, -0.2) is 0 Å². The molecular weight excluding hydrogens is 262 g/mol. The standard InChI is InChI=1S/C14H20BrN/c1-14(2,10-16-13-7-4-8-13)11-5-3-6-12(15)9-11/h3,5-6,9,13,16H,4,7-8,10H2,1-2H3. The third kappa shape index (κ3) is 2.86. The van der Waals surface area contributed by atoms with Gasteiger partial charge in [0.15, 0.2) is 0 Å². The lowest BCUT2D eigenvalue weighted by Gasteiger charge is -2.32. The van der Waals surface area contributed by atoms with Crippen LogP contribution in [0.3, 0.4) is 0 Å². The monoisotopic (exact) mass is 281 g/mol. The van der Waals surface area contributed by atoms with Crippen molar-refractivity contribution in [2.24, 2.45) is 0 Å². The third-order valence-electron chi connectivity index (χ3n) is 3.54. The molecule has 0 unspecified atom stereocenters. The van der Waals surface area contributed by atoms with E-state index in [1.54, 1.807) is 0 Å². The van der Waals surface area contributed by atoms with Gasteiger partial charge in [-0.2, -0.15) is 0 Å². The highest BCUT2D eigenvalue weighted by atomic mass is 79.9. The van der Waals surface area contributed by atoms with Gasteiger partial charge in [-0.15, -0.1) is 0 Å². The first-order chi connectivity index (χ1) is 7.58. The summed E-state index contributed by atoms with van der Waals surface area (Å²) in [6.07, 6.45) is 4.11. The summed E-state index contributed by atoms with van der Waals surface area (Å²) in [5.41, 5.74) is 1.60. The zero-order chi connectivity index (χ0) is 11.6. The van der Waals surface area contributed by atoms with Crippen LogP contribution in [0.5, 0.6) is 0 Å². The number of halogens is 1. The number of rotatable bonds is 4. The highest BCUT2D eigenvalue weighted by molar-refractivity contribution is 9.10. The first-order valence-corrected chi connectivity index (χ1v) is 6.87. The second-order valence-corrected chi connectivity index (χ2v) is 6.32. The highest BCUT2D eigenvalue weighted by Crippen LogP contribution is 2.26. The first kappa shape index (κ1) is 12.1. The van der Waals surface area contributed by atoms with Gasteiger partial charge >= 0.3 is 0 Å². The first-order valence-electron chi connectivity index (χ1n) is 6.07. The van der Waals surface area contributed by atoms with Crippen LogP contribution in [0.15, 0.2) is 28.7 Å². The Balaban J connectivity index is 1.99. The van der Waals surface area contributed by atoms with Crippen molar-refractivity contribution in [1.82, 2.24) is 5.32 Å². The Morgan fingerprint density at radius 3 is 2.69 bits per heavy atom. The Morgan fingerprint density at radius 1 is 1.38 bits per heavy atom. The van der Waals surface area contributed by atoms with E-state index in [0.717, 1.165) is 12.6 Å². The molecule has 2 rings (SSSR count). The average molecular weight is 282 g/mol. The van der Waals surface area contributed by atoms with E-state index >= 15 is 0 Å². The minimum atomic E-state index is 0.208. The normalized spacial score (nSPS) is 17.2. The Labute approximate surface area is 107 Å². The molecule has 0 spiro atoms. The van der Waals surface area contributed by atoms with E-state index in [1.807, 2.05) is 0 Å². The van der Waals surface area contributed by atoms with Crippen molar-refractivity contribution in [1.29, 1.82) is 0 Å². The van der Waals surface area contributed by atoms with Crippen LogP contribution in [-0.2, 0) is 5.41 Å². The number of hydrogen-bond donors (Lipinski definition) is 1. The van der Waals surface area contributed by atoms with Crippen LogP contribution in [0.4, 0.5) is 0 Å². The summed E-state index contributed by atoms with van der Waals surface area (Å²) in [6, 6.07) is 9.41. The van der Waals surface area contributed by atoms with Crippen molar-refractivity contribution in [3.63, 3.8) is 0 Å². The molecule has 1 N–H and O–H groups in total. The van der Waals surface area contributed by atoms with E-state index in [9.17, 15) is 0 Å². The maximum atomic E-state index is 3.66. The summed E-state index contributed by atoms with van der Waals surface area (Å²) in [7, 11) is 0. The van der Waals surface area contributed by atoms with Gasteiger partial charge in [0.05, 0.1) is 0 Å². The third-order valence-corrected chi connectivity index (χ3v) is 4.04. The van der Waals surface area contributed by atoms with E-state index < -0.39 is 0 Å². The average Bonchev–Trinajstić information content (AvgIpc) is 2.15. The van der Waals surface area contributed by atoms with Gasteiger partial charge in [0.1, 0.15) is 0 Å². The maximum Gasteiger partial charge on any atom is 0.0178 e. The Hall–Kier alpha value is -0.340. The molecule has 88 valence electrons. The predicted molar refractivity (Wildman–Crippen MR) is 72.8 cm³/mol. The number of benzene rings is 1. The lowest BCUT2D eigenvalue weighted by Crippen LogP contribution is -2.42. The van der Waals surface area contributed by atoms with Crippen molar-refractivity contribution < 1.29 is 0 Å². The minimum Gasteiger partial charge on any atom is -0.313 e. The van der Waals surface area contributed by atoms with E-state index in [0.29, 0.717) is 0 Å². The molecule has 0 saturated heterocycles. The number of nitrogens with one attached hydrogen (secondary N) is 1. The largest absolute Gasteiger partial charge is 0.313 e. The van der Waals surface area contributed by atoms with Gasteiger partial charge in [-0.3, -0.25) is 0 Å². The van der Waals surface area contributed by atoms with E-state index in [-0.39, 0.29) is 5.41 Å². The van der Waals surface area contributed by atoms with Crippen LogP contribution in [0.2, 0.25) is 0 Å². The molecule has 0 amide bonds. The van der Waals surface area contributed by atoms with Crippen LogP contribution < -0.4 is 5.32 Å². The molecule has 0 heterocycles. The van der Waals surface area contributed by atoms with Crippen molar-refractivity contribution in [3.8, 4) is 0 Å². The molecule has 2 heteroatoms. The fourth-order valence-corrected chi connectivity index (χ4v) is 2.42. The van der Waals surface area contributed by atoms with Gasteiger partial charge < -0.3 is 5.32 Å². The van der Waals surface area contributed by atoms with E-state index in [1.165, 1.54) is 29.3 Å². The fraction of sp³-hybridized carbons (Fsp3) is 0.571. The molecule has 0 aliphatic heterocycles. The van der Waals surface area contributed by atoms with Crippen LogP contribution in [0.25, 0.3) is 0 Å². The van der Waals surface area contributed by atoms with Gasteiger partial charge in [-0.05, 0) is 30.5 Å². The molecule has 1 aliphatic carbocycles. The maximum absolute atomic E-state index is 3.66. The fourth-order valence-electron chi connectivity index (χ4n) is 2.02. The molecule has 1 aromatic carbocycles. The molecule has 1 saturated carbocycles. The Bertz CT molecular complexity index is 356. The van der Waals surface area contributed by atoms with Gasteiger partial charge in [-0.1, -0.05) is 48.3 Å². The van der Waals surface area contributed by atoms with E-state index in [4.69, 9.17) is 0 Å². The topological polar surface area (TPSA) is 12.0 Å². The van der Waals surface area contributed by atoms with Crippen molar-refractivity contribution in [2.75, 3.05) is 6.54 Å². The SMILES string of the molecule is CC(C)(CNC1CCC1)c1cccc(Br)c1. The molecule has 1 fully saturated rings. The van der Waals surface area contributed by atoms with Crippen molar-refractivity contribution in [3.05, 3.63) is 34.3 Å². The molecule has 0 radical (unpaired) electrons. The Kier molecular flexibility index (Phi) is 3.70. The van der Waals surface area contributed by atoms with Gasteiger partial charge in [0.2, 0.25) is 0 Å². The second-order valence-electron chi connectivity index (χ2n) is 5.40. The summed E-state index contributed by atoms with van der Waals surface area (Å²) in [4.78, 5) is 0. The lowest BCUT2D eigenvalue weighted by atomic mass is 9.83. The summed E-state index contributed by atoms with van der Waals surface area (Å²) in [5.74, 6) is 0. The molecule has 0 atom stereocenters. The quantitative estimate of drug-likeness (QED) is 0.884. The Morgan fingerprint density at radius 2 is 2.12 bits per heavy atom. The van der Waals surface area contributed by atoms with Crippen LogP contribution >= 0.6 is 15.9 Å². The summed E-state index contributed by atoms with van der Waals surface area (Å²) in [5, 5.41) is 3.66. The summed E-state index contributed by atoms with van der Waals surface area (Å²) < 4.78 is 1.17. The molecule has 0 aromatic heterocycles.